The third kappa shape index (κ3) is 4.95. The zero-order chi connectivity index (χ0) is 21.0. The average Bonchev–Trinajstić information content (AvgIpc) is 2.72. The molecule has 29 heavy (non-hydrogen) atoms. The molecule has 3 rings (SSSR count). The smallest absolute Gasteiger partial charge is 0.336 e. The number of nitrogens with zero attached hydrogens (tertiary/aromatic N) is 2. The van der Waals surface area contributed by atoms with Gasteiger partial charge in [0.05, 0.1) is 13.7 Å². The van der Waals surface area contributed by atoms with E-state index in [-0.39, 0.29) is 18.4 Å². The van der Waals surface area contributed by atoms with Gasteiger partial charge in [0.25, 0.3) is 5.91 Å². The Kier molecular flexibility index (Phi) is 6.53. The van der Waals surface area contributed by atoms with Crippen molar-refractivity contribution >= 4 is 22.8 Å². The van der Waals surface area contributed by atoms with Crippen LogP contribution in [-0.2, 0) is 20.7 Å². The summed E-state index contributed by atoms with van der Waals surface area (Å²) in [6.07, 6.45) is 0.0415. The zero-order valence-electron chi connectivity index (χ0n) is 17.0. The van der Waals surface area contributed by atoms with Crippen molar-refractivity contribution in [3.8, 4) is 5.75 Å². The van der Waals surface area contributed by atoms with Gasteiger partial charge in [-0.05, 0) is 31.0 Å². The minimum atomic E-state index is -0.680. The zero-order valence-corrected chi connectivity index (χ0v) is 17.0. The van der Waals surface area contributed by atoms with Gasteiger partial charge >= 0.3 is 11.6 Å². The molecule has 1 aliphatic rings. The van der Waals surface area contributed by atoms with Gasteiger partial charge in [0.2, 0.25) is 0 Å². The Morgan fingerprint density at radius 2 is 1.90 bits per heavy atom. The maximum atomic E-state index is 12.7. The number of piperazine rings is 1. The number of hydrogen-bond acceptors (Lipinski definition) is 7. The van der Waals surface area contributed by atoms with Gasteiger partial charge in [-0.25, -0.2) is 4.79 Å². The van der Waals surface area contributed by atoms with Crippen LogP contribution in [0, 0.1) is 0 Å². The van der Waals surface area contributed by atoms with Crippen molar-refractivity contribution in [2.45, 2.75) is 26.4 Å². The third-order valence-electron chi connectivity index (χ3n) is 5.11. The van der Waals surface area contributed by atoms with E-state index >= 15 is 0 Å². The Morgan fingerprint density at radius 3 is 2.55 bits per heavy atom. The molecule has 8 heteroatoms. The third-order valence-corrected chi connectivity index (χ3v) is 5.11. The predicted molar refractivity (Wildman–Crippen MR) is 107 cm³/mol. The summed E-state index contributed by atoms with van der Waals surface area (Å²) in [6, 6.07) is 6.76. The van der Waals surface area contributed by atoms with Gasteiger partial charge < -0.3 is 18.8 Å². The first-order valence-corrected chi connectivity index (χ1v) is 9.72. The fraction of sp³-hybridized carbons (Fsp3) is 0.476. The van der Waals surface area contributed by atoms with Crippen LogP contribution in [0.2, 0.25) is 0 Å². The number of carbonyl (C=O) groups is 2. The van der Waals surface area contributed by atoms with Crippen LogP contribution in [0.5, 0.6) is 5.75 Å². The Morgan fingerprint density at radius 1 is 1.17 bits per heavy atom. The van der Waals surface area contributed by atoms with Crippen molar-refractivity contribution in [2.75, 3.05) is 39.8 Å². The molecular formula is C21H26N2O6. The lowest BCUT2D eigenvalue weighted by molar-refractivity contribution is -0.143. The SMILES string of the molecule is CCc1cc(=O)oc2cc(OC(C)C(=O)N3CCN(CC(=O)OC)CC3)ccc12. The lowest BCUT2D eigenvalue weighted by atomic mass is 10.1. The van der Waals surface area contributed by atoms with Crippen LogP contribution in [-0.4, -0.2) is 67.6 Å². The predicted octanol–water partition coefficient (Wildman–Crippen LogP) is 1.44. The Hall–Kier alpha value is -2.87. The summed E-state index contributed by atoms with van der Waals surface area (Å²) in [6.45, 7) is 6.16. The summed E-state index contributed by atoms with van der Waals surface area (Å²) in [5.41, 5.74) is 0.958. The number of aryl methyl sites for hydroxylation is 1. The fourth-order valence-electron chi connectivity index (χ4n) is 3.46. The summed E-state index contributed by atoms with van der Waals surface area (Å²) in [4.78, 5) is 39.5. The van der Waals surface area contributed by atoms with E-state index in [2.05, 4.69) is 4.74 Å². The van der Waals surface area contributed by atoms with E-state index in [0.717, 1.165) is 17.4 Å². The molecule has 1 unspecified atom stereocenters. The molecule has 0 aliphatic carbocycles. The molecule has 0 saturated carbocycles. The fourth-order valence-corrected chi connectivity index (χ4v) is 3.46. The monoisotopic (exact) mass is 402 g/mol. The van der Waals surface area contributed by atoms with Crippen molar-refractivity contribution in [2.24, 2.45) is 0 Å². The van der Waals surface area contributed by atoms with Crippen LogP contribution in [0.25, 0.3) is 11.0 Å². The molecule has 2 aromatic rings. The number of benzene rings is 1. The molecule has 0 bridgehead atoms. The van der Waals surface area contributed by atoms with Crippen molar-refractivity contribution in [3.63, 3.8) is 0 Å². The molecule has 1 aromatic heterocycles. The Labute approximate surface area is 169 Å². The minimum Gasteiger partial charge on any atom is -0.481 e. The van der Waals surface area contributed by atoms with Gasteiger partial charge in [-0.3, -0.25) is 14.5 Å². The van der Waals surface area contributed by atoms with E-state index in [1.165, 1.54) is 13.2 Å². The Bertz CT molecular complexity index is 946. The van der Waals surface area contributed by atoms with Gasteiger partial charge in [-0.15, -0.1) is 0 Å². The number of methoxy groups -OCH3 is 1. The number of ether oxygens (including phenoxy) is 2. The molecule has 8 nitrogen and oxygen atoms in total. The summed E-state index contributed by atoms with van der Waals surface area (Å²) < 4.78 is 15.8. The number of hydrogen-bond donors (Lipinski definition) is 0. The molecule has 1 atom stereocenters. The highest BCUT2D eigenvalue weighted by Gasteiger charge is 2.27. The highest BCUT2D eigenvalue weighted by Crippen LogP contribution is 2.24. The summed E-state index contributed by atoms with van der Waals surface area (Å²) in [5.74, 6) is 0.0707. The maximum absolute atomic E-state index is 12.7. The molecule has 156 valence electrons. The van der Waals surface area contributed by atoms with E-state index in [0.29, 0.717) is 37.5 Å². The lowest BCUT2D eigenvalue weighted by Crippen LogP contribution is -2.52. The molecule has 0 radical (unpaired) electrons. The van der Waals surface area contributed by atoms with E-state index < -0.39 is 11.7 Å². The number of esters is 1. The average molecular weight is 402 g/mol. The van der Waals surface area contributed by atoms with Crippen molar-refractivity contribution in [1.82, 2.24) is 9.80 Å². The van der Waals surface area contributed by atoms with Crippen LogP contribution in [0.3, 0.4) is 0 Å². The first-order chi connectivity index (χ1) is 13.9. The highest BCUT2D eigenvalue weighted by molar-refractivity contribution is 5.83. The molecule has 0 spiro atoms. The second-order valence-electron chi connectivity index (χ2n) is 7.04. The van der Waals surface area contributed by atoms with E-state index in [1.807, 2.05) is 17.9 Å². The number of rotatable bonds is 6. The van der Waals surface area contributed by atoms with Gasteiger partial charge in [0.15, 0.2) is 6.10 Å². The van der Waals surface area contributed by atoms with Gasteiger partial charge in [-0.2, -0.15) is 0 Å². The molecule has 1 aliphatic heterocycles. The van der Waals surface area contributed by atoms with Crippen LogP contribution >= 0.6 is 0 Å². The van der Waals surface area contributed by atoms with Gasteiger partial charge in [0, 0.05) is 43.7 Å². The summed E-state index contributed by atoms with van der Waals surface area (Å²) in [7, 11) is 1.36. The minimum absolute atomic E-state index is 0.119. The van der Waals surface area contributed by atoms with E-state index in [4.69, 9.17) is 9.15 Å². The quantitative estimate of drug-likeness (QED) is 0.533. The van der Waals surface area contributed by atoms with Crippen LogP contribution in [0.4, 0.5) is 0 Å². The van der Waals surface area contributed by atoms with Crippen LogP contribution < -0.4 is 10.4 Å². The summed E-state index contributed by atoms with van der Waals surface area (Å²) in [5, 5.41) is 0.861. The number of fused-ring (bicyclic) bond motifs is 1. The van der Waals surface area contributed by atoms with Crippen molar-refractivity contribution in [1.29, 1.82) is 0 Å². The first kappa shape index (κ1) is 20.9. The largest absolute Gasteiger partial charge is 0.481 e. The van der Waals surface area contributed by atoms with E-state index in [1.54, 1.807) is 24.0 Å². The van der Waals surface area contributed by atoms with Crippen LogP contribution in [0.1, 0.15) is 19.4 Å². The summed E-state index contributed by atoms with van der Waals surface area (Å²) >= 11 is 0. The molecule has 2 heterocycles. The standard InChI is InChI=1S/C21H26N2O6/c1-4-15-11-19(24)29-18-12-16(5-6-17(15)18)28-14(2)21(26)23-9-7-22(8-10-23)13-20(25)27-3/h5-6,11-12,14H,4,7-10,13H2,1-3H3. The van der Waals surface area contributed by atoms with Gasteiger partial charge in [0.1, 0.15) is 11.3 Å². The Balaban J connectivity index is 1.63. The molecule has 1 fully saturated rings. The normalized spacial score (nSPS) is 15.9. The number of amides is 1. The lowest BCUT2D eigenvalue weighted by Gasteiger charge is -2.35. The number of carbonyl (C=O) groups excluding carboxylic acids is 2. The highest BCUT2D eigenvalue weighted by atomic mass is 16.5. The molecule has 1 saturated heterocycles. The first-order valence-electron chi connectivity index (χ1n) is 9.72. The molecular weight excluding hydrogens is 376 g/mol. The molecule has 0 N–H and O–H groups in total. The van der Waals surface area contributed by atoms with Crippen molar-refractivity contribution in [3.05, 3.63) is 40.2 Å². The van der Waals surface area contributed by atoms with Gasteiger partial charge in [-0.1, -0.05) is 6.92 Å². The topological polar surface area (TPSA) is 89.3 Å². The van der Waals surface area contributed by atoms with Crippen molar-refractivity contribution < 1.29 is 23.5 Å². The maximum Gasteiger partial charge on any atom is 0.336 e. The second-order valence-corrected chi connectivity index (χ2v) is 7.04. The second kappa shape index (κ2) is 9.09. The molecule has 1 aromatic carbocycles. The van der Waals surface area contributed by atoms with Crippen LogP contribution in [0.15, 0.2) is 33.5 Å². The molecule has 1 amide bonds. The van der Waals surface area contributed by atoms with E-state index in [9.17, 15) is 14.4 Å².